The van der Waals surface area contributed by atoms with E-state index >= 15 is 0 Å². The smallest absolute Gasteiger partial charge is 0.104 e. The quantitative estimate of drug-likeness (QED) is 0.898. The van der Waals surface area contributed by atoms with Crippen LogP contribution in [-0.4, -0.2) is 11.0 Å². The second kappa shape index (κ2) is 6.91. The van der Waals surface area contributed by atoms with Gasteiger partial charge < -0.3 is 5.73 Å². The molecule has 0 aliphatic rings. The molecule has 2 nitrogen and oxygen atoms in total. The SMILES string of the molecule is CCC(N)Cc1cccnc1Sc1ccc(C)cc1C. The van der Waals surface area contributed by atoms with Gasteiger partial charge in [0.25, 0.3) is 0 Å². The highest BCUT2D eigenvalue weighted by atomic mass is 32.2. The molecule has 2 aromatic rings. The summed E-state index contributed by atoms with van der Waals surface area (Å²) in [5.41, 5.74) is 9.91. The molecule has 1 aromatic heterocycles. The summed E-state index contributed by atoms with van der Waals surface area (Å²) in [6.45, 7) is 6.39. The summed E-state index contributed by atoms with van der Waals surface area (Å²) in [5, 5.41) is 1.07. The van der Waals surface area contributed by atoms with Crippen molar-refractivity contribution in [3.8, 4) is 0 Å². The van der Waals surface area contributed by atoms with Crippen molar-refractivity contribution in [3.63, 3.8) is 0 Å². The predicted molar refractivity (Wildman–Crippen MR) is 86.2 cm³/mol. The Morgan fingerprint density at radius 1 is 1.25 bits per heavy atom. The van der Waals surface area contributed by atoms with E-state index in [9.17, 15) is 0 Å². The van der Waals surface area contributed by atoms with Crippen molar-refractivity contribution in [3.05, 3.63) is 53.2 Å². The third-order valence-corrected chi connectivity index (χ3v) is 4.63. The Labute approximate surface area is 125 Å². The van der Waals surface area contributed by atoms with Gasteiger partial charge in [0.2, 0.25) is 0 Å². The normalized spacial score (nSPS) is 12.4. The van der Waals surface area contributed by atoms with Crippen LogP contribution in [0.15, 0.2) is 46.5 Å². The molecule has 0 spiro atoms. The van der Waals surface area contributed by atoms with Crippen molar-refractivity contribution in [2.45, 2.75) is 49.6 Å². The highest BCUT2D eigenvalue weighted by Gasteiger charge is 2.10. The predicted octanol–water partition coefficient (Wildman–Crippen LogP) is 4.13. The minimum absolute atomic E-state index is 0.206. The standard InChI is InChI=1S/C17H22N2S/c1-4-15(18)11-14-6-5-9-19-17(14)20-16-8-7-12(2)10-13(16)3/h5-10,15H,4,11,18H2,1-3H3. The minimum Gasteiger partial charge on any atom is -0.327 e. The van der Waals surface area contributed by atoms with Gasteiger partial charge in [-0.2, -0.15) is 0 Å². The first kappa shape index (κ1) is 15.1. The number of hydrogen-bond donors (Lipinski definition) is 1. The number of nitrogens with zero attached hydrogens (tertiary/aromatic N) is 1. The average molecular weight is 286 g/mol. The maximum atomic E-state index is 6.08. The Kier molecular flexibility index (Phi) is 5.21. The molecule has 0 amide bonds. The van der Waals surface area contributed by atoms with Crippen molar-refractivity contribution >= 4 is 11.8 Å². The zero-order valence-corrected chi connectivity index (χ0v) is 13.2. The number of aryl methyl sites for hydroxylation is 2. The van der Waals surface area contributed by atoms with E-state index in [1.165, 1.54) is 21.6 Å². The summed E-state index contributed by atoms with van der Waals surface area (Å²) < 4.78 is 0. The monoisotopic (exact) mass is 286 g/mol. The van der Waals surface area contributed by atoms with Gasteiger partial charge in [-0.25, -0.2) is 4.98 Å². The molecule has 0 aliphatic carbocycles. The van der Waals surface area contributed by atoms with Crippen LogP contribution in [0.1, 0.15) is 30.0 Å². The van der Waals surface area contributed by atoms with Gasteiger partial charge in [0.1, 0.15) is 5.03 Å². The highest BCUT2D eigenvalue weighted by molar-refractivity contribution is 7.99. The number of nitrogens with two attached hydrogens (primary N) is 1. The molecule has 20 heavy (non-hydrogen) atoms. The van der Waals surface area contributed by atoms with Crippen molar-refractivity contribution < 1.29 is 0 Å². The molecule has 2 N–H and O–H groups in total. The van der Waals surface area contributed by atoms with E-state index in [-0.39, 0.29) is 6.04 Å². The van der Waals surface area contributed by atoms with Gasteiger partial charge in [-0.05, 0) is 49.9 Å². The van der Waals surface area contributed by atoms with Crippen LogP contribution in [0.25, 0.3) is 0 Å². The summed E-state index contributed by atoms with van der Waals surface area (Å²) in [4.78, 5) is 5.80. The minimum atomic E-state index is 0.206. The molecule has 0 fully saturated rings. The largest absolute Gasteiger partial charge is 0.327 e. The second-order valence-corrected chi connectivity index (χ2v) is 6.24. The van der Waals surface area contributed by atoms with Gasteiger partial charge in [0, 0.05) is 17.1 Å². The van der Waals surface area contributed by atoms with Gasteiger partial charge in [-0.3, -0.25) is 0 Å². The summed E-state index contributed by atoms with van der Waals surface area (Å²) >= 11 is 1.74. The molecule has 2 rings (SSSR count). The molecular formula is C17H22N2S. The molecule has 0 radical (unpaired) electrons. The lowest BCUT2D eigenvalue weighted by Crippen LogP contribution is -2.21. The van der Waals surface area contributed by atoms with Crippen LogP contribution in [0.5, 0.6) is 0 Å². The Morgan fingerprint density at radius 2 is 2.05 bits per heavy atom. The van der Waals surface area contributed by atoms with Crippen LogP contribution in [0.2, 0.25) is 0 Å². The zero-order chi connectivity index (χ0) is 14.5. The Balaban J connectivity index is 2.24. The fraction of sp³-hybridized carbons (Fsp3) is 0.353. The molecule has 106 valence electrons. The molecule has 3 heteroatoms. The van der Waals surface area contributed by atoms with Crippen molar-refractivity contribution in [1.29, 1.82) is 0 Å². The van der Waals surface area contributed by atoms with Crippen molar-refractivity contribution in [2.24, 2.45) is 5.73 Å². The molecule has 0 aliphatic heterocycles. The third kappa shape index (κ3) is 3.84. The number of pyridine rings is 1. The van der Waals surface area contributed by atoms with Gasteiger partial charge in [-0.15, -0.1) is 0 Å². The second-order valence-electron chi connectivity index (χ2n) is 5.21. The first-order chi connectivity index (χ1) is 9.60. The van der Waals surface area contributed by atoms with E-state index in [4.69, 9.17) is 5.73 Å². The summed E-state index contributed by atoms with van der Waals surface area (Å²) in [5.74, 6) is 0. The lowest BCUT2D eigenvalue weighted by atomic mass is 10.1. The van der Waals surface area contributed by atoms with E-state index in [0.29, 0.717) is 0 Å². The highest BCUT2D eigenvalue weighted by Crippen LogP contribution is 2.31. The molecule has 1 heterocycles. The number of rotatable bonds is 5. The Bertz CT molecular complexity index is 581. The summed E-state index contributed by atoms with van der Waals surface area (Å²) in [6, 6.07) is 10.9. The first-order valence-electron chi connectivity index (χ1n) is 7.04. The van der Waals surface area contributed by atoms with Crippen LogP contribution in [0.4, 0.5) is 0 Å². The molecule has 1 aromatic carbocycles. The molecule has 0 saturated carbocycles. The molecule has 1 unspecified atom stereocenters. The lowest BCUT2D eigenvalue weighted by molar-refractivity contribution is 0.637. The van der Waals surface area contributed by atoms with Gasteiger partial charge >= 0.3 is 0 Å². The third-order valence-electron chi connectivity index (χ3n) is 3.39. The summed E-state index contributed by atoms with van der Waals surface area (Å²) in [6.07, 6.45) is 3.73. The van der Waals surface area contributed by atoms with Gasteiger partial charge in [0.15, 0.2) is 0 Å². The lowest BCUT2D eigenvalue weighted by Gasteiger charge is -2.13. The topological polar surface area (TPSA) is 38.9 Å². The Hall–Kier alpha value is -1.32. The number of benzene rings is 1. The Morgan fingerprint density at radius 3 is 2.75 bits per heavy atom. The molecular weight excluding hydrogens is 264 g/mol. The fourth-order valence-electron chi connectivity index (χ4n) is 2.12. The van der Waals surface area contributed by atoms with E-state index in [1.807, 2.05) is 12.3 Å². The average Bonchev–Trinajstić information content (AvgIpc) is 2.43. The molecule has 0 saturated heterocycles. The van der Waals surface area contributed by atoms with Crippen LogP contribution < -0.4 is 5.73 Å². The zero-order valence-electron chi connectivity index (χ0n) is 12.4. The van der Waals surface area contributed by atoms with E-state index in [2.05, 4.69) is 50.0 Å². The van der Waals surface area contributed by atoms with Crippen LogP contribution in [0, 0.1) is 13.8 Å². The van der Waals surface area contributed by atoms with E-state index < -0.39 is 0 Å². The number of hydrogen-bond acceptors (Lipinski definition) is 3. The van der Waals surface area contributed by atoms with E-state index in [0.717, 1.165) is 17.9 Å². The number of aromatic nitrogens is 1. The van der Waals surface area contributed by atoms with Crippen LogP contribution in [-0.2, 0) is 6.42 Å². The molecule has 1 atom stereocenters. The fourth-order valence-corrected chi connectivity index (χ4v) is 3.08. The first-order valence-corrected chi connectivity index (χ1v) is 7.86. The maximum Gasteiger partial charge on any atom is 0.104 e. The van der Waals surface area contributed by atoms with Gasteiger partial charge in [-0.1, -0.05) is 42.4 Å². The van der Waals surface area contributed by atoms with Crippen molar-refractivity contribution in [1.82, 2.24) is 4.98 Å². The maximum absolute atomic E-state index is 6.08. The summed E-state index contributed by atoms with van der Waals surface area (Å²) in [7, 11) is 0. The van der Waals surface area contributed by atoms with Crippen LogP contribution in [0.3, 0.4) is 0 Å². The molecule has 0 bridgehead atoms. The van der Waals surface area contributed by atoms with Crippen LogP contribution >= 0.6 is 11.8 Å². The van der Waals surface area contributed by atoms with E-state index in [1.54, 1.807) is 11.8 Å². The van der Waals surface area contributed by atoms with Gasteiger partial charge in [0.05, 0.1) is 0 Å². The van der Waals surface area contributed by atoms with Crippen molar-refractivity contribution in [2.75, 3.05) is 0 Å².